The summed E-state index contributed by atoms with van der Waals surface area (Å²) < 4.78 is 32.4. The van der Waals surface area contributed by atoms with E-state index in [1.54, 1.807) is 0 Å². The molecule has 0 bridgehead atoms. The number of allylic oxidation sites excluding steroid dienone is 2. The van der Waals surface area contributed by atoms with Crippen molar-refractivity contribution in [3.8, 4) is 0 Å². The number of aliphatic hydroxyl groups is 2. The molecule has 3 unspecified atom stereocenters. The number of nitrogens with one attached hydrogen (secondary N) is 1. The van der Waals surface area contributed by atoms with Crippen LogP contribution in [-0.2, 0) is 14.9 Å². The Morgan fingerprint density at radius 3 is 1.25 bits per heavy atom. The molecule has 0 fully saturated rings. The molecule has 1 amide bonds. The van der Waals surface area contributed by atoms with Crippen molar-refractivity contribution < 1.29 is 28.0 Å². The predicted octanol–water partition coefficient (Wildman–Crippen LogP) is 10.8. The monoisotopic (exact) mass is 702 g/mol. The van der Waals surface area contributed by atoms with E-state index in [4.69, 9.17) is 0 Å². The molecule has 3 atom stereocenters. The zero-order valence-corrected chi connectivity index (χ0v) is 32.3. The minimum Gasteiger partial charge on any atom is -0.391 e. The number of amides is 1. The lowest BCUT2D eigenvalue weighted by atomic mass is 10.0. The standard InChI is InChI=1S/C40H79NO6S/c1-3-5-7-9-11-13-14-15-16-17-18-19-20-21-22-23-24-25-27-29-31-33-35-39(43)40(44)41-37(36-48(45,46)47)38(42)34-32-30-28-26-12-10-8-6-4-2/h21-22,37-39,42-43H,3-20,23-36H2,1-2H3,(H,41,44)(H,45,46,47)/b22-21-. The molecule has 4 N–H and O–H groups in total. The molecule has 0 aliphatic rings. The SMILES string of the molecule is CCCCCCCCCCCCCC/C=C\CCCCCCCCC(O)C(=O)NC(CS(=O)(=O)O)C(O)CCCCCCCCCCC. The van der Waals surface area contributed by atoms with Gasteiger partial charge in [0.1, 0.15) is 6.10 Å². The zero-order valence-electron chi connectivity index (χ0n) is 31.5. The van der Waals surface area contributed by atoms with E-state index in [1.807, 2.05) is 0 Å². The quantitative estimate of drug-likeness (QED) is 0.0290. The van der Waals surface area contributed by atoms with Crippen molar-refractivity contribution >= 4 is 16.0 Å². The van der Waals surface area contributed by atoms with Crippen molar-refractivity contribution in [3.63, 3.8) is 0 Å². The molecule has 0 aromatic rings. The van der Waals surface area contributed by atoms with E-state index in [-0.39, 0.29) is 0 Å². The van der Waals surface area contributed by atoms with Gasteiger partial charge in [0.05, 0.1) is 17.9 Å². The molecule has 7 nitrogen and oxygen atoms in total. The minimum absolute atomic E-state index is 0.292. The van der Waals surface area contributed by atoms with Gasteiger partial charge in [0.2, 0.25) is 5.91 Å². The van der Waals surface area contributed by atoms with Gasteiger partial charge in [-0.2, -0.15) is 8.42 Å². The van der Waals surface area contributed by atoms with Crippen molar-refractivity contribution in [1.82, 2.24) is 5.32 Å². The van der Waals surface area contributed by atoms with Crippen LogP contribution in [0.25, 0.3) is 0 Å². The van der Waals surface area contributed by atoms with Crippen molar-refractivity contribution in [2.24, 2.45) is 0 Å². The molecule has 0 saturated carbocycles. The smallest absolute Gasteiger partial charge is 0.266 e. The van der Waals surface area contributed by atoms with Gasteiger partial charge in [-0.3, -0.25) is 9.35 Å². The Morgan fingerprint density at radius 1 is 0.542 bits per heavy atom. The highest BCUT2D eigenvalue weighted by Gasteiger charge is 2.28. The Balaban J connectivity index is 3.87. The summed E-state index contributed by atoms with van der Waals surface area (Å²) in [4.78, 5) is 12.6. The highest BCUT2D eigenvalue weighted by atomic mass is 32.2. The van der Waals surface area contributed by atoms with Gasteiger partial charge in [-0.25, -0.2) is 0 Å². The fourth-order valence-electron chi connectivity index (χ4n) is 6.40. The maximum atomic E-state index is 12.6. The summed E-state index contributed by atoms with van der Waals surface area (Å²) in [6, 6.07) is -1.14. The summed E-state index contributed by atoms with van der Waals surface area (Å²) in [5.74, 6) is -1.45. The molecule has 0 aromatic carbocycles. The minimum atomic E-state index is -4.40. The Bertz CT molecular complexity index is 834. The maximum Gasteiger partial charge on any atom is 0.266 e. The average Bonchev–Trinajstić information content (AvgIpc) is 3.05. The molecule has 286 valence electrons. The van der Waals surface area contributed by atoms with E-state index in [1.165, 1.54) is 128 Å². The summed E-state index contributed by atoms with van der Waals surface area (Å²) in [6.45, 7) is 4.48. The van der Waals surface area contributed by atoms with Crippen LogP contribution in [0.4, 0.5) is 0 Å². The lowest BCUT2D eigenvalue weighted by Crippen LogP contribution is -2.50. The molecule has 0 heterocycles. The molecule has 48 heavy (non-hydrogen) atoms. The number of hydrogen-bond acceptors (Lipinski definition) is 5. The second kappa shape index (κ2) is 34.5. The summed E-state index contributed by atoms with van der Waals surface area (Å²) in [7, 11) is -4.40. The van der Waals surface area contributed by atoms with Crippen molar-refractivity contribution in [2.45, 2.75) is 231 Å². The van der Waals surface area contributed by atoms with Crippen LogP contribution in [0.2, 0.25) is 0 Å². The third kappa shape index (κ3) is 33.5. The first-order valence-corrected chi connectivity index (χ1v) is 22.1. The Labute approximate surface area is 297 Å². The first kappa shape index (κ1) is 47.0. The van der Waals surface area contributed by atoms with Crippen LogP contribution in [0.5, 0.6) is 0 Å². The Morgan fingerprint density at radius 2 is 0.875 bits per heavy atom. The van der Waals surface area contributed by atoms with Crippen LogP contribution < -0.4 is 5.32 Å². The summed E-state index contributed by atoms with van der Waals surface area (Å²) >= 11 is 0. The van der Waals surface area contributed by atoms with Gasteiger partial charge >= 0.3 is 0 Å². The first-order chi connectivity index (χ1) is 23.2. The zero-order chi connectivity index (χ0) is 35.6. The van der Waals surface area contributed by atoms with Crippen LogP contribution in [0, 0.1) is 0 Å². The van der Waals surface area contributed by atoms with Gasteiger partial charge in [0.15, 0.2) is 0 Å². The van der Waals surface area contributed by atoms with Gasteiger partial charge in [-0.1, -0.05) is 187 Å². The van der Waals surface area contributed by atoms with Crippen molar-refractivity contribution in [3.05, 3.63) is 12.2 Å². The fourth-order valence-corrected chi connectivity index (χ4v) is 7.16. The normalized spacial score (nSPS) is 14.0. The van der Waals surface area contributed by atoms with Gasteiger partial charge in [0.25, 0.3) is 10.1 Å². The largest absolute Gasteiger partial charge is 0.391 e. The van der Waals surface area contributed by atoms with E-state index in [0.717, 1.165) is 44.9 Å². The van der Waals surface area contributed by atoms with Gasteiger partial charge in [-0.15, -0.1) is 0 Å². The van der Waals surface area contributed by atoms with Gasteiger partial charge in [-0.05, 0) is 38.5 Å². The van der Waals surface area contributed by atoms with Crippen LogP contribution in [-0.4, -0.2) is 53.1 Å². The Kier molecular flexibility index (Phi) is 33.8. The molecule has 0 saturated heterocycles. The van der Waals surface area contributed by atoms with Crippen LogP contribution >= 0.6 is 0 Å². The van der Waals surface area contributed by atoms with Crippen molar-refractivity contribution in [2.75, 3.05) is 5.75 Å². The van der Waals surface area contributed by atoms with E-state index in [2.05, 4.69) is 31.3 Å². The van der Waals surface area contributed by atoms with Crippen LogP contribution in [0.15, 0.2) is 12.2 Å². The van der Waals surface area contributed by atoms with E-state index < -0.39 is 40.0 Å². The average molecular weight is 702 g/mol. The summed E-state index contributed by atoms with van der Waals surface area (Å²) in [5.41, 5.74) is 0. The molecule has 0 spiro atoms. The first-order valence-electron chi connectivity index (χ1n) is 20.5. The highest BCUT2D eigenvalue weighted by molar-refractivity contribution is 7.85. The predicted molar refractivity (Wildman–Crippen MR) is 204 cm³/mol. The lowest BCUT2D eigenvalue weighted by molar-refractivity contribution is -0.131. The number of rotatable bonds is 37. The second-order valence-electron chi connectivity index (χ2n) is 14.4. The van der Waals surface area contributed by atoms with Gasteiger partial charge in [0, 0.05) is 0 Å². The number of aliphatic hydroxyl groups excluding tert-OH is 2. The number of carbonyl (C=O) groups is 1. The van der Waals surface area contributed by atoms with Gasteiger partial charge < -0.3 is 15.5 Å². The van der Waals surface area contributed by atoms with E-state index >= 15 is 0 Å². The van der Waals surface area contributed by atoms with Crippen LogP contribution in [0.3, 0.4) is 0 Å². The number of unbranched alkanes of at least 4 members (excludes halogenated alkanes) is 26. The number of carbonyl (C=O) groups excluding carboxylic acids is 1. The molecule has 0 aliphatic heterocycles. The topological polar surface area (TPSA) is 124 Å². The third-order valence-corrected chi connectivity index (χ3v) is 10.4. The second-order valence-corrected chi connectivity index (χ2v) is 15.9. The lowest BCUT2D eigenvalue weighted by Gasteiger charge is -2.24. The Hall–Kier alpha value is -0.960. The van der Waals surface area contributed by atoms with E-state index in [0.29, 0.717) is 25.7 Å². The molecule has 8 heteroatoms. The fraction of sp³-hybridized carbons (Fsp3) is 0.925. The molecule has 0 rings (SSSR count). The summed E-state index contributed by atoms with van der Waals surface area (Å²) in [5, 5.41) is 23.4. The third-order valence-electron chi connectivity index (χ3n) is 9.58. The van der Waals surface area contributed by atoms with Crippen molar-refractivity contribution in [1.29, 1.82) is 0 Å². The molecular weight excluding hydrogens is 623 g/mol. The molecule has 0 aromatic heterocycles. The summed E-state index contributed by atoms with van der Waals surface area (Å²) in [6.07, 6.45) is 38.2. The van der Waals surface area contributed by atoms with Crippen LogP contribution in [0.1, 0.15) is 213 Å². The number of hydrogen-bond donors (Lipinski definition) is 4. The molecule has 0 aliphatic carbocycles. The van der Waals surface area contributed by atoms with E-state index in [9.17, 15) is 28.0 Å². The molecule has 0 radical (unpaired) electrons. The maximum absolute atomic E-state index is 12.6. The molecular formula is C40H79NO6S. The highest BCUT2D eigenvalue weighted by Crippen LogP contribution is 2.16.